The Balaban J connectivity index is 0. The van der Waals surface area contributed by atoms with Crippen LogP contribution in [0.15, 0.2) is 0 Å². The van der Waals surface area contributed by atoms with Gasteiger partial charge in [0.05, 0.1) is 12.5 Å². The summed E-state index contributed by atoms with van der Waals surface area (Å²) in [6, 6.07) is 0. The van der Waals surface area contributed by atoms with Crippen molar-refractivity contribution in [2.75, 3.05) is 12.5 Å². The molecule has 0 amide bonds. The minimum absolute atomic E-state index is 0. The van der Waals surface area contributed by atoms with Gasteiger partial charge >= 0.3 is 51.4 Å². The van der Waals surface area contributed by atoms with Crippen LogP contribution in [-0.4, -0.2) is 68.4 Å². The molecular weight excluding hydrogens is 111 g/mol. The second-order valence-corrected chi connectivity index (χ2v) is 2.22. The second kappa shape index (κ2) is 5.95. The predicted molar refractivity (Wildman–Crippen MR) is 27.1 cm³/mol. The number of hydrogen-bond acceptors (Lipinski definition) is 1. The van der Waals surface area contributed by atoms with E-state index < -0.39 is 11.2 Å². The van der Waals surface area contributed by atoms with Crippen molar-refractivity contribution < 1.29 is 4.55 Å². The third kappa shape index (κ3) is 24.4. The summed E-state index contributed by atoms with van der Waals surface area (Å²) in [5, 5.41) is 0. The summed E-state index contributed by atoms with van der Waals surface area (Å²) in [5.74, 6) is 0. The first kappa shape index (κ1) is 10.0. The first-order chi connectivity index (χ1) is 1.73. The van der Waals surface area contributed by atoms with Crippen molar-refractivity contribution in [3.05, 3.63) is 0 Å². The van der Waals surface area contributed by atoms with Crippen molar-refractivity contribution in [3.63, 3.8) is 0 Å². The summed E-state index contributed by atoms with van der Waals surface area (Å²) >= 11 is -0.611. The van der Waals surface area contributed by atoms with Gasteiger partial charge in [-0.3, -0.25) is 0 Å². The van der Waals surface area contributed by atoms with Crippen LogP contribution in [0.25, 0.3) is 0 Å². The molecule has 1 nitrogen and oxygen atoms in total. The monoisotopic (exact) mass is 118 g/mol. The van der Waals surface area contributed by atoms with Crippen LogP contribution in [0, 0.1) is 0 Å². The zero-order chi connectivity index (χ0) is 3.58. The molecule has 0 aliphatic heterocycles. The van der Waals surface area contributed by atoms with Gasteiger partial charge in [0.2, 0.25) is 0 Å². The molecule has 3 heteroatoms. The SMILES string of the molecule is C[S+](C)[O-].[KH]. The maximum atomic E-state index is 9.56. The molecule has 0 saturated heterocycles. The van der Waals surface area contributed by atoms with Crippen LogP contribution in [0.2, 0.25) is 0 Å². The Labute approximate surface area is 78.1 Å². The quantitative estimate of drug-likeness (QED) is 0.306. The fourth-order valence-electron chi connectivity index (χ4n) is 0. The molecule has 0 unspecified atom stereocenters. The van der Waals surface area contributed by atoms with Gasteiger partial charge in [-0.25, -0.2) is 0 Å². The average molecular weight is 118 g/mol. The molecule has 5 heavy (non-hydrogen) atoms. The zero-order valence-corrected chi connectivity index (χ0v) is 3.63. The molecule has 0 heterocycles. The van der Waals surface area contributed by atoms with E-state index in [-0.39, 0.29) is 51.4 Å². The van der Waals surface area contributed by atoms with E-state index in [2.05, 4.69) is 0 Å². The minimum atomic E-state index is -0.611. The first-order valence-electron chi connectivity index (χ1n) is 0.983. The van der Waals surface area contributed by atoms with E-state index in [0.717, 1.165) is 0 Å². The molecule has 0 aliphatic carbocycles. The van der Waals surface area contributed by atoms with Crippen molar-refractivity contribution in [2.45, 2.75) is 0 Å². The van der Waals surface area contributed by atoms with E-state index in [1.807, 2.05) is 0 Å². The van der Waals surface area contributed by atoms with Gasteiger partial charge in [0.25, 0.3) is 0 Å². The molecule has 0 aromatic carbocycles. The van der Waals surface area contributed by atoms with Gasteiger partial charge in [-0.15, -0.1) is 0 Å². The molecule has 0 radical (unpaired) electrons. The van der Waals surface area contributed by atoms with E-state index in [0.29, 0.717) is 0 Å². The molecule has 0 atom stereocenters. The molecule has 0 N–H and O–H groups in total. The van der Waals surface area contributed by atoms with Gasteiger partial charge in [-0.05, 0) is 0 Å². The summed E-state index contributed by atoms with van der Waals surface area (Å²) in [4.78, 5) is 0. The van der Waals surface area contributed by atoms with Crippen LogP contribution in [0.4, 0.5) is 0 Å². The summed E-state index contributed by atoms with van der Waals surface area (Å²) < 4.78 is 9.56. The third-order valence-corrected chi connectivity index (χ3v) is 0. The van der Waals surface area contributed by atoms with E-state index in [9.17, 15) is 4.55 Å². The molecule has 0 saturated carbocycles. The van der Waals surface area contributed by atoms with Crippen molar-refractivity contribution in [3.8, 4) is 0 Å². The molecule has 0 spiro atoms. The summed E-state index contributed by atoms with van der Waals surface area (Å²) in [5.41, 5.74) is 0. The van der Waals surface area contributed by atoms with Crippen molar-refractivity contribution in [2.24, 2.45) is 0 Å². The maximum absolute atomic E-state index is 9.56. The molecular formula is C2H7KOS. The van der Waals surface area contributed by atoms with Crippen LogP contribution < -0.4 is 0 Å². The fourth-order valence-corrected chi connectivity index (χ4v) is 0. The van der Waals surface area contributed by atoms with Crippen molar-refractivity contribution >= 4 is 62.6 Å². The second-order valence-electron chi connectivity index (χ2n) is 0.742. The number of hydrogen-bond donors (Lipinski definition) is 0. The van der Waals surface area contributed by atoms with E-state index >= 15 is 0 Å². The molecule has 0 fully saturated rings. The van der Waals surface area contributed by atoms with E-state index in [1.165, 1.54) is 0 Å². The van der Waals surface area contributed by atoms with Crippen molar-refractivity contribution in [1.82, 2.24) is 0 Å². The van der Waals surface area contributed by atoms with Crippen LogP contribution in [0.3, 0.4) is 0 Å². The Morgan fingerprint density at radius 1 is 1.40 bits per heavy atom. The normalized spacial score (nSPS) is 7.20. The molecule has 0 aromatic heterocycles. The summed E-state index contributed by atoms with van der Waals surface area (Å²) in [6.07, 6.45) is 3.28. The standard InChI is InChI=1S/C2H6OS.K.H/c1-4(2)3;;/h1-2H3;;. The van der Waals surface area contributed by atoms with E-state index in [4.69, 9.17) is 0 Å². The van der Waals surface area contributed by atoms with Gasteiger partial charge in [0, 0.05) is 0 Å². The Hall–Kier alpha value is 1.95. The Bertz CT molecular complexity index is 14.4. The fraction of sp³-hybridized carbons (Fsp3) is 1.00. The zero-order valence-electron chi connectivity index (χ0n) is 2.82. The third-order valence-electron chi connectivity index (χ3n) is 0. The molecule has 28 valence electrons. The van der Waals surface area contributed by atoms with Gasteiger partial charge < -0.3 is 4.55 Å². The van der Waals surface area contributed by atoms with Crippen molar-refractivity contribution in [1.29, 1.82) is 0 Å². The molecule has 0 rings (SSSR count). The first-order valence-corrected chi connectivity index (χ1v) is 2.95. The summed E-state index contributed by atoms with van der Waals surface area (Å²) in [7, 11) is 0. The van der Waals surface area contributed by atoms with Crippen LogP contribution in [0.1, 0.15) is 0 Å². The number of rotatable bonds is 0. The Morgan fingerprint density at radius 3 is 1.40 bits per heavy atom. The summed E-state index contributed by atoms with van der Waals surface area (Å²) in [6.45, 7) is 0. The van der Waals surface area contributed by atoms with Gasteiger partial charge in [0.1, 0.15) is 0 Å². The molecule has 0 aliphatic rings. The molecule has 0 bridgehead atoms. The van der Waals surface area contributed by atoms with Crippen LogP contribution >= 0.6 is 0 Å². The van der Waals surface area contributed by atoms with Gasteiger partial charge in [-0.1, -0.05) is 11.2 Å². The van der Waals surface area contributed by atoms with Gasteiger partial charge in [0.15, 0.2) is 0 Å². The topological polar surface area (TPSA) is 23.1 Å². The van der Waals surface area contributed by atoms with E-state index in [1.54, 1.807) is 12.5 Å². The Kier molecular flexibility index (Phi) is 11.9. The predicted octanol–water partition coefficient (Wildman–Crippen LogP) is -0.654. The van der Waals surface area contributed by atoms with Crippen LogP contribution in [0.5, 0.6) is 0 Å². The molecule has 0 aromatic rings. The Morgan fingerprint density at radius 2 is 1.40 bits per heavy atom. The van der Waals surface area contributed by atoms with Gasteiger partial charge in [-0.2, -0.15) is 0 Å². The average Bonchev–Trinajstić information content (AvgIpc) is 0.811. The van der Waals surface area contributed by atoms with Crippen LogP contribution in [-0.2, 0) is 11.2 Å².